The molecule has 4 rings (SSSR count). The van der Waals surface area contributed by atoms with E-state index in [1.807, 2.05) is 48.5 Å². The highest BCUT2D eigenvalue weighted by Gasteiger charge is 2.35. The molecule has 0 radical (unpaired) electrons. The van der Waals surface area contributed by atoms with Crippen LogP contribution in [0.2, 0.25) is 0 Å². The third kappa shape index (κ3) is 5.24. The molecule has 1 aliphatic rings. The van der Waals surface area contributed by atoms with Crippen LogP contribution in [0.15, 0.2) is 82.2 Å². The van der Waals surface area contributed by atoms with Gasteiger partial charge < -0.3 is 4.74 Å². The Morgan fingerprint density at radius 1 is 0.968 bits per heavy atom. The zero-order valence-corrected chi connectivity index (χ0v) is 18.7. The molecule has 3 aromatic rings. The van der Waals surface area contributed by atoms with Crippen molar-refractivity contribution >= 4 is 44.9 Å². The number of rotatable bonds is 6. The van der Waals surface area contributed by atoms with Crippen molar-refractivity contribution in [3.8, 4) is 5.75 Å². The molecule has 3 aromatic carbocycles. The van der Waals surface area contributed by atoms with E-state index in [1.54, 1.807) is 24.3 Å². The molecule has 4 nitrogen and oxygen atoms in total. The molecule has 1 fully saturated rings. The van der Waals surface area contributed by atoms with Crippen LogP contribution in [-0.2, 0) is 17.9 Å². The molecular formula is C24H17BrFNO3S. The van der Waals surface area contributed by atoms with Gasteiger partial charge in [0.1, 0.15) is 18.2 Å². The second-order valence-electron chi connectivity index (χ2n) is 6.84. The Morgan fingerprint density at radius 3 is 2.39 bits per heavy atom. The molecule has 1 saturated heterocycles. The van der Waals surface area contributed by atoms with Gasteiger partial charge in [0.05, 0.1) is 11.4 Å². The van der Waals surface area contributed by atoms with E-state index in [9.17, 15) is 14.0 Å². The largest absolute Gasteiger partial charge is 0.489 e. The number of hydrogen-bond acceptors (Lipinski definition) is 4. The Kier molecular flexibility index (Phi) is 6.53. The van der Waals surface area contributed by atoms with Crippen LogP contribution in [0.4, 0.5) is 9.18 Å². The van der Waals surface area contributed by atoms with Crippen LogP contribution in [0.1, 0.15) is 16.7 Å². The molecule has 0 aliphatic carbocycles. The average molecular weight is 498 g/mol. The van der Waals surface area contributed by atoms with E-state index in [1.165, 1.54) is 6.07 Å². The van der Waals surface area contributed by atoms with Gasteiger partial charge >= 0.3 is 0 Å². The van der Waals surface area contributed by atoms with Gasteiger partial charge in [0.25, 0.3) is 11.1 Å². The zero-order valence-electron chi connectivity index (χ0n) is 16.3. The second-order valence-corrected chi connectivity index (χ2v) is 8.75. The molecule has 0 aromatic heterocycles. The van der Waals surface area contributed by atoms with Crippen molar-refractivity contribution < 1.29 is 18.7 Å². The van der Waals surface area contributed by atoms with Crippen LogP contribution in [0.5, 0.6) is 5.75 Å². The first kappa shape index (κ1) is 21.3. The minimum atomic E-state index is -0.441. The van der Waals surface area contributed by atoms with E-state index < -0.39 is 17.0 Å². The molecule has 156 valence electrons. The predicted molar refractivity (Wildman–Crippen MR) is 123 cm³/mol. The number of nitrogens with zero attached hydrogens (tertiary/aromatic N) is 1. The number of carbonyl (C=O) groups is 2. The van der Waals surface area contributed by atoms with Gasteiger partial charge in [0.15, 0.2) is 0 Å². The first-order chi connectivity index (χ1) is 15.0. The fourth-order valence-corrected chi connectivity index (χ4v) is 4.09. The lowest BCUT2D eigenvalue weighted by Gasteiger charge is -2.12. The Hall–Kier alpha value is -2.90. The summed E-state index contributed by atoms with van der Waals surface area (Å²) in [7, 11) is 0. The smallest absolute Gasteiger partial charge is 0.293 e. The molecule has 31 heavy (non-hydrogen) atoms. The van der Waals surface area contributed by atoms with Gasteiger partial charge in [-0.05, 0) is 59.3 Å². The molecule has 1 heterocycles. The number of amides is 2. The Labute approximate surface area is 191 Å². The molecule has 0 atom stereocenters. The van der Waals surface area contributed by atoms with Crippen molar-refractivity contribution in [2.45, 2.75) is 13.2 Å². The SMILES string of the molecule is O=C1S/C(=C\c2ccc(OCc3ccc(Br)cc3)cc2)C(=O)N1Cc1ccccc1F. The Balaban J connectivity index is 1.41. The fraction of sp³-hybridized carbons (Fsp3) is 0.0833. The van der Waals surface area contributed by atoms with Crippen molar-refractivity contribution in [2.75, 3.05) is 0 Å². The molecule has 0 unspecified atom stereocenters. The van der Waals surface area contributed by atoms with E-state index in [0.717, 1.165) is 32.3 Å². The first-order valence-electron chi connectivity index (χ1n) is 9.46. The fourth-order valence-electron chi connectivity index (χ4n) is 2.99. The maximum absolute atomic E-state index is 13.9. The highest BCUT2D eigenvalue weighted by Crippen LogP contribution is 2.33. The van der Waals surface area contributed by atoms with E-state index in [0.29, 0.717) is 22.8 Å². The van der Waals surface area contributed by atoms with Crippen LogP contribution in [0.25, 0.3) is 6.08 Å². The molecule has 0 spiro atoms. The normalized spacial score (nSPS) is 15.0. The van der Waals surface area contributed by atoms with Crippen molar-refractivity contribution in [1.29, 1.82) is 0 Å². The first-order valence-corrected chi connectivity index (χ1v) is 11.1. The van der Waals surface area contributed by atoms with Crippen molar-refractivity contribution in [3.63, 3.8) is 0 Å². The molecule has 2 amide bonds. The van der Waals surface area contributed by atoms with E-state index in [2.05, 4.69) is 15.9 Å². The van der Waals surface area contributed by atoms with Crippen molar-refractivity contribution in [3.05, 3.63) is 105 Å². The summed E-state index contributed by atoms with van der Waals surface area (Å²) in [4.78, 5) is 26.3. The number of carbonyl (C=O) groups excluding carboxylic acids is 2. The van der Waals surface area contributed by atoms with Crippen molar-refractivity contribution in [1.82, 2.24) is 4.90 Å². The zero-order chi connectivity index (χ0) is 21.8. The van der Waals surface area contributed by atoms with Crippen LogP contribution < -0.4 is 4.74 Å². The maximum Gasteiger partial charge on any atom is 0.293 e. The molecule has 0 bridgehead atoms. The van der Waals surface area contributed by atoms with Gasteiger partial charge in [0.2, 0.25) is 0 Å². The molecular weight excluding hydrogens is 481 g/mol. The van der Waals surface area contributed by atoms with Crippen LogP contribution >= 0.6 is 27.7 Å². The second kappa shape index (κ2) is 9.49. The molecule has 7 heteroatoms. The van der Waals surface area contributed by atoms with Gasteiger partial charge in [-0.15, -0.1) is 0 Å². The summed E-state index contributed by atoms with van der Waals surface area (Å²) in [5.41, 5.74) is 2.13. The number of hydrogen-bond donors (Lipinski definition) is 0. The maximum atomic E-state index is 13.9. The lowest BCUT2D eigenvalue weighted by molar-refractivity contribution is -0.123. The minimum absolute atomic E-state index is 0.0858. The molecule has 1 aliphatic heterocycles. The van der Waals surface area contributed by atoms with Gasteiger partial charge in [-0.1, -0.05) is 58.4 Å². The molecule has 0 N–H and O–H groups in total. The summed E-state index contributed by atoms with van der Waals surface area (Å²) < 4.78 is 20.7. The summed E-state index contributed by atoms with van der Waals surface area (Å²) in [5.74, 6) is -0.161. The highest BCUT2D eigenvalue weighted by atomic mass is 79.9. The lowest BCUT2D eigenvalue weighted by Crippen LogP contribution is -2.27. The number of imide groups is 1. The number of ether oxygens (including phenoxy) is 1. The highest BCUT2D eigenvalue weighted by molar-refractivity contribution is 9.10. The van der Waals surface area contributed by atoms with Gasteiger partial charge in [-0.3, -0.25) is 14.5 Å². The Morgan fingerprint density at radius 2 is 1.68 bits per heavy atom. The standard InChI is InChI=1S/C24H17BrFNO3S/c25-19-9-5-17(6-10-19)15-30-20-11-7-16(8-12-20)13-22-23(28)27(24(29)31-22)14-18-3-1-2-4-21(18)26/h1-13H,14-15H2/b22-13-. The van der Waals surface area contributed by atoms with E-state index in [4.69, 9.17) is 4.74 Å². The van der Waals surface area contributed by atoms with Crippen molar-refractivity contribution in [2.24, 2.45) is 0 Å². The quantitative estimate of drug-likeness (QED) is 0.369. The van der Waals surface area contributed by atoms with Crippen LogP contribution in [-0.4, -0.2) is 16.0 Å². The summed E-state index contributed by atoms with van der Waals surface area (Å²) in [6.07, 6.45) is 1.66. The third-order valence-electron chi connectivity index (χ3n) is 4.66. The number of benzene rings is 3. The topological polar surface area (TPSA) is 46.6 Å². The minimum Gasteiger partial charge on any atom is -0.489 e. The van der Waals surface area contributed by atoms with E-state index >= 15 is 0 Å². The Bertz CT molecular complexity index is 1150. The number of thioether (sulfide) groups is 1. The van der Waals surface area contributed by atoms with Crippen LogP contribution in [0.3, 0.4) is 0 Å². The lowest BCUT2D eigenvalue weighted by atomic mass is 10.2. The van der Waals surface area contributed by atoms with Gasteiger partial charge in [-0.2, -0.15) is 0 Å². The third-order valence-corrected chi connectivity index (χ3v) is 6.09. The number of halogens is 2. The monoisotopic (exact) mass is 497 g/mol. The summed E-state index contributed by atoms with van der Waals surface area (Å²) in [6.45, 7) is 0.360. The summed E-state index contributed by atoms with van der Waals surface area (Å²) in [6, 6.07) is 21.3. The van der Waals surface area contributed by atoms with Gasteiger partial charge in [-0.25, -0.2) is 4.39 Å². The van der Waals surface area contributed by atoms with Gasteiger partial charge in [0, 0.05) is 10.0 Å². The molecule has 0 saturated carbocycles. The summed E-state index contributed by atoms with van der Waals surface area (Å²) in [5, 5.41) is -0.408. The summed E-state index contributed by atoms with van der Waals surface area (Å²) >= 11 is 4.26. The average Bonchev–Trinajstić information content (AvgIpc) is 3.03. The van der Waals surface area contributed by atoms with E-state index in [-0.39, 0.29) is 6.54 Å². The predicted octanol–water partition coefficient (Wildman–Crippen LogP) is 6.40. The van der Waals surface area contributed by atoms with Crippen LogP contribution in [0, 0.1) is 5.82 Å².